The van der Waals surface area contributed by atoms with Gasteiger partial charge in [-0.05, 0) is 69.6 Å². The van der Waals surface area contributed by atoms with E-state index in [1.807, 2.05) is 54.6 Å². The van der Waals surface area contributed by atoms with E-state index >= 15 is 0 Å². The molecule has 0 aliphatic carbocycles. The van der Waals surface area contributed by atoms with Gasteiger partial charge in [0, 0.05) is 31.1 Å². The number of carbonyl (C=O) groups is 3. The Balaban J connectivity index is 1.52. The minimum Gasteiger partial charge on any atom is -0.463 e. The van der Waals surface area contributed by atoms with E-state index in [0.29, 0.717) is 29.3 Å². The molecule has 4 rings (SSSR count). The van der Waals surface area contributed by atoms with Gasteiger partial charge in [-0.1, -0.05) is 30.3 Å². The number of ether oxygens (including phenoxy) is 2. The summed E-state index contributed by atoms with van der Waals surface area (Å²) in [6, 6.07) is 16.8. The monoisotopic (exact) mass is 505 g/mol. The molecule has 0 aromatic heterocycles. The van der Waals surface area contributed by atoms with Gasteiger partial charge >= 0.3 is 5.97 Å². The summed E-state index contributed by atoms with van der Waals surface area (Å²) in [7, 11) is 0. The van der Waals surface area contributed by atoms with E-state index < -0.39 is 11.9 Å². The van der Waals surface area contributed by atoms with Crippen molar-refractivity contribution < 1.29 is 23.9 Å². The van der Waals surface area contributed by atoms with Gasteiger partial charge in [0.25, 0.3) is 0 Å². The second-order valence-corrected chi connectivity index (χ2v) is 9.34. The summed E-state index contributed by atoms with van der Waals surface area (Å²) in [4.78, 5) is 42.7. The molecule has 2 heterocycles. The smallest absolute Gasteiger partial charge is 0.336 e. The van der Waals surface area contributed by atoms with E-state index in [9.17, 15) is 14.4 Å². The normalized spacial score (nSPS) is 18.2. The minimum atomic E-state index is -0.500. The lowest BCUT2D eigenvalue weighted by atomic mass is 9.83. The van der Waals surface area contributed by atoms with Gasteiger partial charge in [0.15, 0.2) is 0 Å². The molecular formula is C29H35N3O5. The van der Waals surface area contributed by atoms with E-state index in [-0.39, 0.29) is 31.4 Å². The van der Waals surface area contributed by atoms with E-state index in [0.717, 1.165) is 25.2 Å². The van der Waals surface area contributed by atoms with Crippen LogP contribution in [-0.4, -0.2) is 66.9 Å². The van der Waals surface area contributed by atoms with E-state index in [4.69, 9.17) is 9.47 Å². The average molecular weight is 506 g/mol. The number of amides is 2. The quantitative estimate of drug-likeness (QED) is 0.494. The second kappa shape index (κ2) is 12.5. The Morgan fingerprint density at radius 1 is 1.03 bits per heavy atom. The maximum absolute atomic E-state index is 13.2. The van der Waals surface area contributed by atoms with Crippen LogP contribution in [0.5, 0.6) is 11.5 Å². The third-order valence-corrected chi connectivity index (χ3v) is 6.81. The molecule has 0 bridgehead atoms. The number of likely N-dealkylation sites (tertiary alicyclic amines) is 1. The number of nitrogens with zero attached hydrogens (tertiary/aromatic N) is 2. The van der Waals surface area contributed by atoms with Crippen LogP contribution in [0.2, 0.25) is 0 Å². The van der Waals surface area contributed by atoms with Gasteiger partial charge < -0.3 is 24.6 Å². The van der Waals surface area contributed by atoms with Crippen molar-refractivity contribution in [3.05, 3.63) is 71.4 Å². The molecule has 0 saturated carbocycles. The Kier molecular flexibility index (Phi) is 8.95. The first-order valence-corrected chi connectivity index (χ1v) is 13.0. The Morgan fingerprint density at radius 3 is 2.49 bits per heavy atom. The van der Waals surface area contributed by atoms with E-state index in [2.05, 4.69) is 10.2 Å². The summed E-state index contributed by atoms with van der Waals surface area (Å²) in [6.45, 7) is 6.99. The van der Waals surface area contributed by atoms with Crippen LogP contribution in [-0.2, 0) is 19.1 Å². The van der Waals surface area contributed by atoms with E-state index in [1.165, 1.54) is 17.7 Å². The number of hydrogen-bond acceptors (Lipinski definition) is 6. The Morgan fingerprint density at radius 2 is 1.76 bits per heavy atom. The zero-order chi connectivity index (χ0) is 26.2. The van der Waals surface area contributed by atoms with Crippen molar-refractivity contribution in [2.45, 2.75) is 39.0 Å². The van der Waals surface area contributed by atoms with Gasteiger partial charge in [-0.3, -0.25) is 9.59 Å². The molecule has 2 aliphatic heterocycles. The largest absolute Gasteiger partial charge is 0.463 e. The third kappa shape index (κ3) is 6.77. The molecule has 8 heteroatoms. The highest BCUT2D eigenvalue weighted by Gasteiger charge is 2.37. The highest BCUT2D eigenvalue weighted by atomic mass is 16.5. The van der Waals surface area contributed by atoms with Crippen molar-refractivity contribution in [1.82, 2.24) is 15.1 Å². The lowest BCUT2D eigenvalue weighted by Gasteiger charge is -2.34. The molecule has 196 valence electrons. The fourth-order valence-corrected chi connectivity index (χ4v) is 4.94. The van der Waals surface area contributed by atoms with Crippen LogP contribution in [0.3, 0.4) is 0 Å². The summed E-state index contributed by atoms with van der Waals surface area (Å²) in [5.41, 5.74) is 1.62. The molecule has 1 saturated heterocycles. The Bertz CT molecular complexity index is 1140. The molecule has 1 unspecified atom stereocenters. The first kappa shape index (κ1) is 26.4. The number of rotatable bonds is 10. The lowest BCUT2D eigenvalue weighted by Crippen LogP contribution is -2.45. The summed E-state index contributed by atoms with van der Waals surface area (Å²) in [5.74, 6) is -0.131. The maximum atomic E-state index is 13.2. The summed E-state index contributed by atoms with van der Waals surface area (Å²) < 4.78 is 11.3. The van der Waals surface area contributed by atoms with Crippen LogP contribution in [0.1, 0.15) is 44.6 Å². The van der Waals surface area contributed by atoms with Crippen molar-refractivity contribution in [3.8, 4) is 11.5 Å². The fraction of sp³-hybridized carbons (Fsp3) is 0.414. The Labute approximate surface area is 218 Å². The molecule has 1 N–H and O–H groups in total. The number of hydrogen-bond donors (Lipinski definition) is 1. The molecule has 0 spiro atoms. The predicted molar refractivity (Wildman–Crippen MR) is 140 cm³/mol. The van der Waals surface area contributed by atoms with Crippen molar-refractivity contribution >= 4 is 17.8 Å². The van der Waals surface area contributed by atoms with Crippen LogP contribution in [0.15, 0.2) is 65.9 Å². The first-order valence-electron chi connectivity index (χ1n) is 13.0. The van der Waals surface area contributed by atoms with Crippen molar-refractivity contribution in [2.24, 2.45) is 0 Å². The standard InChI is InChI=1S/C29H35N3O5/c1-3-36-29(35)28-21(2)32(20-26(33)30-14-17-31-15-7-8-16-31)27(34)19-25(28)22-10-9-13-24(18-22)37-23-11-5-4-6-12-23/h4-6,9-13,18,25H,3,7-8,14-17,19-20H2,1-2H3,(H,30,33). The van der Waals surface area contributed by atoms with Gasteiger partial charge in [-0.15, -0.1) is 0 Å². The van der Waals surface area contributed by atoms with Crippen molar-refractivity contribution in [1.29, 1.82) is 0 Å². The molecule has 1 atom stereocenters. The van der Waals surface area contributed by atoms with Crippen LogP contribution < -0.4 is 10.1 Å². The molecule has 37 heavy (non-hydrogen) atoms. The second-order valence-electron chi connectivity index (χ2n) is 9.34. The fourth-order valence-electron chi connectivity index (χ4n) is 4.94. The SMILES string of the molecule is CCOC(=O)C1=C(C)N(CC(=O)NCCN2CCCC2)C(=O)CC1c1cccc(Oc2ccccc2)c1. The van der Waals surface area contributed by atoms with Gasteiger partial charge in [0.1, 0.15) is 18.0 Å². The van der Waals surface area contributed by atoms with Crippen molar-refractivity contribution in [2.75, 3.05) is 39.3 Å². The number of nitrogens with one attached hydrogen (secondary N) is 1. The van der Waals surface area contributed by atoms with Crippen LogP contribution in [0, 0.1) is 0 Å². The van der Waals surface area contributed by atoms with Gasteiger partial charge in [0.05, 0.1) is 12.2 Å². The van der Waals surface area contributed by atoms with Crippen LogP contribution in [0.25, 0.3) is 0 Å². The molecular weight excluding hydrogens is 470 g/mol. The zero-order valence-electron chi connectivity index (χ0n) is 21.6. The Hall–Kier alpha value is -3.65. The van der Waals surface area contributed by atoms with E-state index in [1.54, 1.807) is 13.8 Å². The summed E-state index contributed by atoms with van der Waals surface area (Å²) in [6.07, 6.45) is 2.44. The molecule has 2 aliphatic rings. The number of esters is 1. The van der Waals surface area contributed by atoms with Gasteiger partial charge in [-0.2, -0.15) is 0 Å². The molecule has 2 aromatic carbocycles. The van der Waals surface area contributed by atoms with Gasteiger partial charge in [-0.25, -0.2) is 4.79 Å². The summed E-state index contributed by atoms with van der Waals surface area (Å²) in [5, 5.41) is 2.91. The molecule has 8 nitrogen and oxygen atoms in total. The average Bonchev–Trinajstić information content (AvgIpc) is 3.41. The predicted octanol–water partition coefficient (Wildman–Crippen LogP) is 3.84. The maximum Gasteiger partial charge on any atom is 0.336 e. The van der Waals surface area contributed by atoms with Crippen LogP contribution in [0.4, 0.5) is 0 Å². The summed E-state index contributed by atoms with van der Waals surface area (Å²) >= 11 is 0. The molecule has 1 fully saturated rings. The number of carbonyl (C=O) groups excluding carboxylic acids is 3. The minimum absolute atomic E-state index is 0.0569. The molecule has 0 radical (unpaired) electrons. The van der Waals surface area contributed by atoms with Crippen molar-refractivity contribution in [3.63, 3.8) is 0 Å². The highest BCUT2D eigenvalue weighted by Crippen LogP contribution is 2.38. The zero-order valence-corrected chi connectivity index (χ0v) is 21.6. The topological polar surface area (TPSA) is 88.2 Å². The van der Waals surface area contributed by atoms with Crippen LogP contribution >= 0.6 is 0 Å². The number of benzene rings is 2. The molecule has 2 amide bonds. The first-order chi connectivity index (χ1) is 18.0. The number of para-hydroxylation sites is 1. The lowest BCUT2D eigenvalue weighted by molar-refractivity contribution is -0.141. The highest BCUT2D eigenvalue weighted by molar-refractivity contribution is 5.97. The third-order valence-electron chi connectivity index (χ3n) is 6.81. The molecule has 2 aromatic rings. The number of allylic oxidation sites excluding steroid dienone is 1. The van der Waals surface area contributed by atoms with Gasteiger partial charge in [0.2, 0.25) is 11.8 Å².